The third-order valence-electron chi connectivity index (χ3n) is 4.56. The van der Waals surface area contributed by atoms with E-state index in [1.807, 2.05) is 0 Å². The Morgan fingerprint density at radius 1 is 0.923 bits per heavy atom. The van der Waals surface area contributed by atoms with E-state index in [-0.39, 0.29) is 23.1 Å². The molecule has 1 aliphatic rings. The number of sulfonamides is 1. The van der Waals surface area contributed by atoms with Gasteiger partial charge >= 0.3 is 0 Å². The molecule has 1 fully saturated rings. The Labute approximate surface area is 152 Å². The van der Waals surface area contributed by atoms with Crippen LogP contribution in [0.1, 0.15) is 39.7 Å². The van der Waals surface area contributed by atoms with Gasteiger partial charge in [-0.25, -0.2) is 8.42 Å². The van der Waals surface area contributed by atoms with Crippen LogP contribution in [0.25, 0.3) is 0 Å². The van der Waals surface area contributed by atoms with E-state index in [1.165, 1.54) is 4.31 Å². The largest absolute Gasteiger partial charge is 0.361 e. The lowest BCUT2D eigenvalue weighted by molar-refractivity contribution is 0.0762. The highest BCUT2D eigenvalue weighted by atomic mass is 32.2. The maximum absolute atomic E-state index is 13.0. The number of rotatable bonds is 3. The van der Waals surface area contributed by atoms with Crippen LogP contribution in [-0.2, 0) is 10.0 Å². The van der Waals surface area contributed by atoms with Gasteiger partial charge in [-0.15, -0.1) is 0 Å². The van der Waals surface area contributed by atoms with Gasteiger partial charge in [0.15, 0.2) is 5.76 Å². The second kappa shape index (κ2) is 6.84. The first-order chi connectivity index (χ1) is 12.2. The molecule has 2 aromatic rings. The van der Waals surface area contributed by atoms with Crippen LogP contribution in [0.3, 0.4) is 0 Å². The summed E-state index contributed by atoms with van der Waals surface area (Å²) in [5.41, 5.74) is 1.33. The van der Waals surface area contributed by atoms with Gasteiger partial charge in [0.05, 0.1) is 5.69 Å². The van der Waals surface area contributed by atoms with Crippen LogP contribution < -0.4 is 0 Å². The minimum absolute atomic E-state index is 0.114. The van der Waals surface area contributed by atoms with Crippen molar-refractivity contribution in [3.63, 3.8) is 0 Å². The van der Waals surface area contributed by atoms with Crippen LogP contribution in [0.4, 0.5) is 0 Å². The molecule has 26 heavy (non-hydrogen) atoms. The Kier molecular flexibility index (Phi) is 4.89. The Morgan fingerprint density at radius 3 is 2.15 bits per heavy atom. The van der Waals surface area contributed by atoms with Gasteiger partial charge in [0.25, 0.3) is 5.91 Å². The lowest BCUT2D eigenvalue weighted by Gasteiger charge is -2.21. The van der Waals surface area contributed by atoms with Crippen molar-refractivity contribution in [2.75, 3.05) is 26.2 Å². The van der Waals surface area contributed by atoms with Gasteiger partial charge in [-0.2, -0.15) is 4.31 Å². The quantitative estimate of drug-likeness (QED) is 0.790. The average molecular weight is 382 g/mol. The normalized spacial score (nSPS) is 16.7. The smallest absolute Gasteiger partial charge is 0.259 e. The number of aryl methyl sites for hydroxylation is 4. The molecule has 0 saturated carbocycles. The van der Waals surface area contributed by atoms with Crippen molar-refractivity contribution in [3.05, 3.63) is 28.5 Å². The summed E-state index contributed by atoms with van der Waals surface area (Å²) in [5.74, 6) is 0.560. The summed E-state index contributed by atoms with van der Waals surface area (Å²) in [4.78, 5) is 14.5. The molecule has 2 aromatic heterocycles. The summed E-state index contributed by atoms with van der Waals surface area (Å²) >= 11 is 0. The van der Waals surface area contributed by atoms with E-state index >= 15 is 0 Å². The molecule has 0 N–H and O–H groups in total. The Balaban J connectivity index is 1.80. The topological polar surface area (TPSA) is 110 Å². The second-order valence-electron chi connectivity index (χ2n) is 6.40. The highest BCUT2D eigenvalue weighted by molar-refractivity contribution is 7.89. The van der Waals surface area contributed by atoms with Gasteiger partial charge in [0.1, 0.15) is 21.9 Å². The molecule has 0 unspecified atom stereocenters. The monoisotopic (exact) mass is 382 g/mol. The standard InChI is InChI=1S/C16H22N4O5S/c1-10-14(12(3)24-17-10)16(21)19-6-5-7-20(9-8-19)26(22,23)15-11(2)18-25-13(15)4/h5-9H2,1-4H3. The molecule has 0 radical (unpaired) electrons. The summed E-state index contributed by atoms with van der Waals surface area (Å²) in [6.45, 7) is 7.91. The molecule has 1 amide bonds. The molecule has 142 valence electrons. The third kappa shape index (κ3) is 3.14. The van der Waals surface area contributed by atoms with E-state index in [2.05, 4.69) is 10.3 Å². The van der Waals surface area contributed by atoms with E-state index in [4.69, 9.17) is 9.05 Å². The van der Waals surface area contributed by atoms with E-state index in [9.17, 15) is 13.2 Å². The van der Waals surface area contributed by atoms with E-state index in [0.717, 1.165) is 0 Å². The van der Waals surface area contributed by atoms with Gasteiger partial charge in [-0.05, 0) is 34.1 Å². The first-order valence-corrected chi connectivity index (χ1v) is 9.82. The van der Waals surface area contributed by atoms with Crippen molar-refractivity contribution < 1.29 is 22.3 Å². The summed E-state index contributed by atoms with van der Waals surface area (Å²) < 4.78 is 37.4. The second-order valence-corrected chi connectivity index (χ2v) is 8.28. The maximum Gasteiger partial charge on any atom is 0.259 e. The number of nitrogens with zero attached hydrogens (tertiary/aromatic N) is 4. The number of amides is 1. The maximum atomic E-state index is 13.0. The number of carbonyl (C=O) groups is 1. The minimum Gasteiger partial charge on any atom is -0.361 e. The van der Waals surface area contributed by atoms with Gasteiger partial charge in [-0.3, -0.25) is 4.79 Å². The van der Waals surface area contributed by atoms with Gasteiger partial charge in [0.2, 0.25) is 10.0 Å². The molecule has 3 heterocycles. The summed E-state index contributed by atoms with van der Waals surface area (Å²) in [6.07, 6.45) is 0.539. The molecular weight excluding hydrogens is 360 g/mol. The molecule has 9 nitrogen and oxygen atoms in total. The molecule has 0 aromatic carbocycles. The zero-order valence-electron chi connectivity index (χ0n) is 15.3. The zero-order chi connectivity index (χ0) is 19.1. The molecular formula is C16H22N4O5S. The van der Waals surface area contributed by atoms with Crippen molar-refractivity contribution in [3.8, 4) is 0 Å². The number of hydrogen-bond acceptors (Lipinski definition) is 7. The highest BCUT2D eigenvalue weighted by Gasteiger charge is 2.33. The predicted molar refractivity (Wildman–Crippen MR) is 91.2 cm³/mol. The number of carbonyl (C=O) groups excluding carboxylic acids is 1. The summed E-state index contributed by atoms with van der Waals surface area (Å²) in [5, 5.41) is 7.55. The van der Waals surface area contributed by atoms with Crippen LogP contribution in [0, 0.1) is 27.7 Å². The minimum atomic E-state index is -3.71. The lowest BCUT2D eigenvalue weighted by Crippen LogP contribution is -2.37. The van der Waals surface area contributed by atoms with Crippen molar-refractivity contribution in [1.29, 1.82) is 0 Å². The van der Waals surface area contributed by atoms with Crippen LogP contribution in [0.15, 0.2) is 13.9 Å². The van der Waals surface area contributed by atoms with E-state index in [0.29, 0.717) is 48.8 Å². The molecule has 0 atom stereocenters. The highest BCUT2D eigenvalue weighted by Crippen LogP contribution is 2.25. The van der Waals surface area contributed by atoms with Crippen molar-refractivity contribution in [1.82, 2.24) is 19.5 Å². The van der Waals surface area contributed by atoms with Gasteiger partial charge in [-0.1, -0.05) is 10.3 Å². The molecule has 0 spiro atoms. The van der Waals surface area contributed by atoms with Crippen molar-refractivity contribution >= 4 is 15.9 Å². The summed E-state index contributed by atoms with van der Waals surface area (Å²) in [6, 6.07) is 0. The fourth-order valence-corrected chi connectivity index (χ4v) is 5.02. The van der Waals surface area contributed by atoms with Crippen molar-refractivity contribution in [2.24, 2.45) is 0 Å². The van der Waals surface area contributed by atoms with Gasteiger partial charge in [0, 0.05) is 26.2 Å². The molecule has 1 saturated heterocycles. The first-order valence-electron chi connectivity index (χ1n) is 8.38. The Bertz CT molecular complexity index is 892. The van der Waals surface area contributed by atoms with Crippen LogP contribution in [-0.4, -0.2) is 60.0 Å². The third-order valence-corrected chi connectivity index (χ3v) is 6.70. The van der Waals surface area contributed by atoms with Crippen LogP contribution >= 0.6 is 0 Å². The predicted octanol–water partition coefficient (Wildman–Crippen LogP) is 1.43. The molecule has 3 rings (SSSR count). The van der Waals surface area contributed by atoms with E-state index in [1.54, 1.807) is 32.6 Å². The molecule has 10 heteroatoms. The summed E-state index contributed by atoms with van der Waals surface area (Å²) in [7, 11) is -3.71. The van der Waals surface area contributed by atoms with Crippen LogP contribution in [0.2, 0.25) is 0 Å². The van der Waals surface area contributed by atoms with Gasteiger partial charge < -0.3 is 13.9 Å². The van der Waals surface area contributed by atoms with Crippen LogP contribution in [0.5, 0.6) is 0 Å². The zero-order valence-corrected chi connectivity index (χ0v) is 16.1. The van der Waals surface area contributed by atoms with Crippen molar-refractivity contribution in [2.45, 2.75) is 39.0 Å². The lowest BCUT2D eigenvalue weighted by atomic mass is 10.1. The Morgan fingerprint density at radius 2 is 1.58 bits per heavy atom. The number of hydrogen-bond donors (Lipinski definition) is 0. The Hall–Kier alpha value is -2.20. The first kappa shape index (κ1) is 18.6. The molecule has 1 aliphatic heterocycles. The fourth-order valence-electron chi connectivity index (χ4n) is 3.26. The fraction of sp³-hybridized carbons (Fsp3) is 0.562. The van der Waals surface area contributed by atoms with E-state index < -0.39 is 10.0 Å². The average Bonchev–Trinajstić information content (AvgIpc) is 2.97. The SMILES string of the molecule is Cc1noc(C)c1C(=O)N1CCCN(S(=O)(=O)c2c(C)noc2C)CC1. The molecule has 0 aliphatic carbocycles. The molecule has 0 bridgehead atoms. The number of aromatic nitrogens is 2.